The maximum Gasteiger partial charge on any atom is 0.283 e. The van der Waals surface area contributed by atoms with Crippen molar-refractivity contribution in [3.63, 3.8) is 0 Å². The predicted molar refractivity (Wildman–Crippen MR) is 186 cm³/mol. The number of benzene rings is 3. The largest absolute Gasteiger partial charge is 0.357 e. The van der Waals surface area contributed by atoms with Crippen LogP contribution in [-0.2, 0) is 20.8 Å². The number of nitro groups is 1. The Morgan fingerprint density at radius 3 is 2.06 bits per heavy atom. The molecule has 13 heteroatoms. The molecular weight excluding hydrogens is 639 g/mol. The smallest absolute Gasteiger partial charge is 0.283 e. The molecule has 47 heavy (non-hydrogen) atoms. The molecule has 0 saturated carbocycles. The lowest BCUT2D eigenvalue weighted by atomic mass is 10.0. The summed E-state index contributed by atoms with van der Waals surface area (Å²) in [6.45, 7) is 4.16. The molecular formula is C34H41N5O6S2. The van der Waals surface area contributed by atoms with Gasteiger partial charge in [0.05, 0.1) is 15.1 Å². The Bertz CT molecular complexity index is 1490. The van der Waals surface area contributed by atoms with Crippen LogP contribution >= 0.6 is 21.6 Å². The van der Waals surface area contributed by atoms with Crippen LogP contribution in [0.1, 0.15) is 49.0 Å². The molecule has 0 aromatic heterocycles. The number of carbonyl (C=O) groups excluding carboxylic acids is 4. The van der Waals surface area contributed by atoms with Crippen LogP contribution < -0.4 is 21.3 Å². The van der Waals surface area contributed by atoms with Crippen molar-refractivity contribution >= 4 is 50.9 Å². The number of nitro benzene ring substituents is 1. The number of nitrogens with one attached hydrogen (secondary N) is 4. The minimum Gasteiger partial charge on any atom is -0.357 e. The Kier molecular flexibility index (Phi) is 15.3. The van der Waals surface area contributed by atoms with Gasteiger partial charge in [-0.1, -0.05) is 85.3 Å². The number of amides is 4. The summed E-state index contributed by atoms with van der Waals surface area (Å²) in [6, 6.07) is 22.6. The third-order valence-electron chi connectivity index (χ3n) is 7.08. The van der Waals surface area contributed by atoms with E-state index in [0.29, 0.717) is 36.3 Å². The minimum absolute atomic E-state index is 0.0410. The fraction of sp³-hybridized carbons (Fsp3) is 0.353. The van der Waals surface area contributed by atoms with Gasteiger partial charge in [0.1, 0.15) is 12.1 Å². The minimum atomic E-state index is -0.928. The summed E-state index contributed by atoms with van der Waals surface area (Å²) >= 11 is 0. The Labute approximate surface area is 283 Å². The first-order valence-corrected chi connectivity index (χ1v) is 17.6. The van der Waals surface area contributed by atoms with Crippen LogP contribution in [0.4, 0.5) is 5.69 Å². The molecule has 3 atom stereocenters. The zero-order chi connectivity index (χ0) is 34.2. The SMILES string of the molecule is CNC(=O)[C@H](Cc1ccccc1)NC(=O)C(CC(C)C)NC(=O)C(CCCNC(=O)c1ccccc1)SSc1ccccc1[N+](=O)[O-]. The number of likely N-dealkylation sites (N-methyl/N-ethyl adjacent to an activating group) is 1. The fourth-order valence-corrected chi connectivity index (χ4v) is 7.30. The van der Waals surface area contributed by atoms with E-state index in [0.717, 1.165) is 27.2 Å². The van der Waals surface area contributed by atoms with Gasteiger partial charge in [-0.2, -0.15) is 0 Å². The van der Waals surface area contributed by atoms with Gasteiger partial charge in [-0.15, -0.1) is 0 Å². The summed E-state index contributed by atoms with van der Waals surface area (Å²) in [5, 5.41) is 22.0. The lowest BCUT2D eigenvalue weighted by molar-refractivity contribution is -0.387. The monoisotopic (exact) mass is 679 g/mol. The van der Waals surface area contributed by atoms with Crippen molar-refractivity contribution in [2.75, 3.05) is 13.6 Å². The maximum atomic E-state index is 13.8. The average molecular weight is 680 g/mol. The second-order valence-corrected chi connectivity index (χ2v) is 13.7. The molecule has 4 amide bonds. The van der Waals surface area contributed by atoms with Crippen molar-refractivity contribution < 1.29 is 24.1 Å². The summed E-state index contributed by atoms with van der Waals surface area (Å²) in [5.41, 5.74) is 1.32. The summed E-state index contributed by atoms with van der Waals surface area (Å²) in [6.07, 6.45) is 1.36. The van der Waals surface area contributed by atoms with E-state index >= 15 is 0 Å². The second-order valence-electron chi connectivity index (χ2n) is 11.2. The highest BCUT2D eigenvalue weighted by atomic mass is 33.1. The van der Waals surface area contributed by atoms with E-state index in [-0.39, 0.29) is 29.8 Å². The van der Waals surface area contributed by atoms with Gasteiger partial charge in [0, 0.05) is 31.6 Å². The lowest BCUT2D eigenvalue weighted by Gasteiger charge is -2.25. The summed E-state index contributed by atoms with van der Waals surface area (Å²) in [4.78, 5) is 64.1. The fourth-order valence-electron chi connectivity index (χ4n) is 4.67. The van der Waals surface area contributed by atoms with Crippen molar-refractivity contribution in [3.8, 4) is 0 Å². The van der Waals surface area contributed by atoms with Gasteiger partial charge < -0.3 is 21.3 Å². The van der Waals surface area contributed by atoms with Crippen LogP contribution in [0, 0.1) is 16.0 Å². The zero-order valence-electron chi connectivity index (χ0n) is 26.6. The molecule has 0 aliphatic heterocycles. The summed E-state index contributed by atoms with van der Waals surface area (Å²) in [7, 11) is 3.77. The maximum absolute atomic E-state index is 13.8. The van der Waals surface area contributed by atoms with Gasteiger partial charge in [0.2, 0.25) is 17.7 Å². The molecule has 0 saturated heterocycles. The standard InChI is InChI=1S/C34H41N5O6S2/c1-23(2)21-26(33(42)37-27(32(41)35-3)22-24-13-6-4-7-14-24)38-34(43)30(47-46-29-18-11-10-17-28(29)39(44)45)19-12-20-36-31(40)25-15-8-5-9-16-25/h4-11,13-18,23,26-27,30H,12,19-22H2,1-3H3,(H,35,41)(H,36,40)(H,37,42)(H,38,43)/t26?,27-,30?/m0/s1. The van der Waals surface area contributed by atoms with Crippen LogP contribution in [0.25, 0.3) is 0 Å². The Morgan fingerprint density at radius 2 is 1.43 bits per heavy atom. The predicted octanol–water partition coefficient (Wildman–Crippen LogP) is 4.92. The molecule has 3 rings (SSSR count). The van der Waals surface area contributed by atoms with Gasteiger partial charge in [-0.25, -0.2) is 0 Å². The van der Waals surface area contributed by atoms with Crippen molar-refractivity contribution in [1.29, 1.82) is 0 Å². The van der Waals surface area contributed by atoms with Crippen LogP contribution in [0.2, 0.25) is 0 Å². The molecule has 2 unspecified atom stereocenters. The van der Waals surface area contributed by atoms with Crippen molar-refractivity contribution in [2.24, 2.45) is 5.92 Å². The highest BCUT2D eigenvalue weighted by Gasteiger charge is 2.30. The second kappa shape index (κ2) is 19.3. The number of carbonyl (C=O) groups is 4. The Hall–Kier alpha value is -4.36. The van der Waals surface area contributed by atoms with Crippen molar-refractivity contribution in [1.82, 2.24) is 21.3 Å². The average Bonchev–Trinajstić information content (AvgIpc) is 3.07. The summed E-state index contributed by atoms with van der Waals surface area (Å²) in [5.74, 6) is -1.45. The third-order valence-corrected chi connectivity index (χ3v) is 9.90. The third kappa shape index (κ3) is 12.4. The highest BCUT2D eigenvalue weighted by molar-refractivity contribution is 8.77. The number of hydrogen-bond acceptors (Lipinski definition) is 8. The van der Waals surface area contributed by atoms with E-state index in [1.54, 1.807) is 42.5 Å². The molecule has 250 valence electrons. The molecule has 4 N–H and O–H groups in total. The van der Waals surface area contributed by atoms with Crippen LogP contribution in [0.15, 0.2) is 89.8 Å². The first kappa shape index (κ1) is 37.1. The quantitative estimate of drug-likeness (QED) is 0.0638. The summed E-state index contributed by atoms with van der Waals surface area (Å²) < 4.78 is 0. The van der Waals surface area contributed by atoms with E-state index in [4.69, 9.17) is 0 Å². The van der Waals surface area contributed by atoms with Crippen molar-refractivity contribution in [3.05, 3.63) is 106 Å². The molecule has 0 spiro atoms. The van der Waals surface area contributed by atoms with Gasteiger partial charge in [-0.05, 0) is 59.7 Å². The van der Waals surface area contributed by atoms with E-state index in [1.165, 1.54) is 13.1 Å². The lowest BCUT2D eigenvalue weighted by Crippen LogP contribution is -2.55. The molecule has 0 aliphatic carbocycles. The van der Waals surface area contributed by atoms with E-state index in [9.17, 15) is 29.3 Å². The van der Waals surface area contributed by atoms with Gasteiger partial charge in [-0.3, -0.25) is 29.3 Å². The Morgan fingerprint density at radius 1 is 0.809 bits per heavy atom. The molecule has 11 nitrogen and oxygen atoms in total. The Balaban J connectivity index is 1.74. The van der Waals surface area contributed by atoms with Gasteiger partial charge in [0.15, 0.2) is 0 Å². The molecule has 3 aromatic rings. The van der Waals surface area contributed by atoms with E-state index in [2.05, 4.69) is 21.3 Å². The number of nitrogens with zero attached hydrogens (tertiary/aromatic N) is 1. The number of para-hydroxylation sites is 1. The highest BCUT2D eigenvalue weighted by Crippen LogP contribution is 2.40. The van der Waals surface area contributed by atoms with Gasteiger partial charge >= 0.3 is 0 Å². The first-order valence-electron chi connectivity index (χ1n) is 15.3. The molecule has 3 aromatic carbocycles. The number of rotatable bonds is 18. The van der Waals surface area contributed by atoms with Gasteiger partial charge in [0.25, 0.3) is 11.6 Å². The first-order chi connectivity index (χ1) is 22.6. The van der Waals surface area contributed by atoms with Crippen molar-refractivity contribution in [2.45, 2.75) is 61.8 Å². The van der Waals surface area contributed by atoms with Crippen LogP contribution in [0.3, 0.4) is 0 Å². The molecule has 0 aliphatic rings. The van der Waals surface area contributed by atoms with Crippen LogP contribution in [-0.4, -0.2) is 59.5 Å². The van der Waals surface area contributed by atoms with E-state index in [1.807, 2.05) is 50.2 Å². The molecule has 0 radical (unpaired) electrons. The number of hydrogen-bond donors (Lipinski definition) is 4. The van der Waals surface area contributed by atoms with Crippen LogP contribution in [0.5, 0.6) is 0 Å². The normalized spacial score (nSPS) is 12.8. The molecule has 0 fully saturated rings. The topological polar surface area (TPSA) is 160 Å². The molecule has 0 bridgehead atoms. The zero-order valence-corrected chi connectivity index (χ0v) is 28.3. The van der Waals surface area contributed by atoms with E-state index < -0.39 is 34.1 Å². The molecule has 0 heterocycles.